The molecule has 3 rings (SSSR count). The van der Waals surface area contributed by atoms with Crippen molar-refractivity contribution in [2.45, 2.75) is 36.6 Å². The summed E-state index contributed by atoms with van der Waals surface area (Å²) in [6, 6.07) is 5.08. The van der Waals surface area contributed by atoms with Gasteiger partial charge in [0.2, 0.25) is 10.0 Å². The Hall–Kier alpha value is -1.11. The van der Waals surface area contributed by atoms with Crippen LogP contribution in [-0.4, -0.2) is 43.6 Å². The summed E-state index contributed by atoms with van der Waals surface area (Å²) in [7, 11) is -3.53. The van der Waals surface area contributed by atoms with E-state index in [9.17, 15) is 8.42 Å². The highest BCUT2D eigenvalue weighted by atomic mass is 32.2. The van der Waals surface area contributed by atoms with E-state index in [4.69, 9.17) is 9.84 Å². The second kappa shape index (κ2) is 5.35. The molecule has 1 N–H and O–H groups in total. The SMILES string of the molecule is O=S(=O)(c1ccc2c(c1)CCO2)N(CCO)C1CCC1. The average molecular weight is 297 g/mol. The first kappa shape index (κ1) is 13.9. The molecule has 2 aliphatic rings. The Morgan fingerprint density at radius 1 is 1.35 bits per heavy atom. The lowest BCUT2D eigenvalue weighted by Crippen LogP contribution is -2.45. The summed E-state index contributed by atoms with van der Waals surface area (Å²) in [6.07, 6.45) is 3.57. The number of sulfonamides is 1. The molecule has 0 saturated heterocycles. The Morgan fingerprint density at radius 3 is 2.80 bits per heavy atom. The molecule has 0 unspecified atom stereocenters. The maximum Gasteiger partial charge on any atom is 0.243 e. The molecule has 110 valence electrons. The Labute approximate surface area is 119 Å². The van der Waals surface area contributed by atoms with Crippen molar-refractivity contribution in [2.24, 2.45) is 0 Å². The van der Waals surface area contributed by atoms with E-state index in [1.807, 2.05) is 0 Å². The third kappa shape index (κ3) is 2.32. The lowest BCUT2D eigenvalue weighted by Gasteiger charge is -2.36. The van der Waals surface area contributed by atoms with Gasteiger partial charge in [-0.3, -0.25) is 0 Å². The van der Waals surface area contributed by atoms with Gasteiger partial charge in [-0.05, 0) is 36.6 Å². The fourth-order valence-electron chi connectivity index (χ4n) is 2.73. The third-order valence-corrected chi connectivity index (χ3v) is 6.02. The number of rotatable bonds is 5. The highest BCUT2D eigenvalue weighted by Crippen LogP contribution is 2.32. The molecule has 0 aromatic heterocycles. The third-order valence-electron chi connectivity index (χ3n) is 4.07. The molecule has 1 aliphatic heterocycles. The molecular weight excluding hydrogens is 278 g/mol. The predicted octanol–water partition coefficient (Wildman–Crippen LogP) is 1.16. The first-order chi connectivity index (χ1) is 9.63. The van der Waals surface area contributed by atoms with Crippen LogP contribution in [0.25, 0.3) is 0 Å². The smallest absolute Gasteiger partial charge is 0.243 e. The molecule has 1 fully saturated rings. The lowest BCUT2D eigenvalue weighted by atomic mass is 9.93. The zero-order chi connectivity index (χ0) is 14.2. The van der Waals surface area contributed by atoms with E-state index in [0.717, 1.165) is 37.0 Å². The predicted molar refractivity (Wildman–Crippen MR) is 74.3 cm³/mol. The first-order valence-corrected chi connectivity index (χ1v) is 8.45. The van der Waals surface area contributed by atoms with Crippen LogP contribution in [-0.2, 0) is 16.4 Å². The topological polar surface area (TPSA) is 66.8 Å². The fraction of sp³-hybridized carbons (Fsp3) is 0.571. The van der Waals surface area contributed by atoms with Crippen LogP contribution in [0.2, 0.25) is 0 Å². The number of ether oxygens (including phenoxy) is 1. The second-order valence-corrected chi connectivity index (χ2v) is 7.18. The van der Waals surface area contributed by atoms with E-state index in [1.165, 1.54) is 4.31 Å². The van der Waals surface area contributed by atoms with E-state index >= 15 is 0 Å². The van der Waals surface area contributed by atoms with Gasteiger partial charge < -0.3 is 9.84 Å². The molecule has 0 amide bonds. The highest BCUT2D eigenvalue weighted by molar-refractivity contribution is 7.89. The van der Waals surface area contributed by atoms with Crippen LogP contribution in [0.1, 0.15) is 24.8 Å². The van der Waals surface area contributed by atoms with Crippen LogP contribution < -0.4 is 4.74 Å². The van der Waals surface area contributed by atoms with Crippen molar-refractivity contribution in [3.05, 3.63) is 23.8 Å². The summed E-state index contributed by atoms with van der Waals surface area (Å²) in [5, 5.41) is 9.14. The number of hydrogen-bond donors (Lipinski definition) is 1. The van der Waals surface area contributed by atoms with E-state index in [-0.39, 0.29) is 19.2 Å². The molecule has 1 aromatic carbocycles. The van der Waals surface area contributed by atoms with E-state index in [0.29, 0.717) is 11.5 Å². The normalized spacial score (nSPS) is 18.7. The molecule has 0 spiro atoms. The van der Waals surface area contributed by atoms with Gasteiger partial charge in [0.1, 0.15) is 5.75 Å². The summed E-state index contributed by atoms with van der Waals surface area (Å²) in [5.41, 5.74) is 0.948. The van der Waals surface area contributed by atoms with Crippen molar-refractivity contribution in [1.82, 2.24) is 4.31 Å². The minimum Gasteiger partial charge on any atom is -0.493 e. The summed E-state index contributed by atoms with van der Waals surface area (Å²) >= 11 is 0. The van der Waals surface area contributed by atoms with Crippen LogP contribution in [0.3, 0.4) is 0 Å². The molecule has 0 radical (unpaired) electrons. The van der Waals surface area contributed by atoms with Crippen molar-refractivity contribution in [3.8, 4) is 5.75 Å². The summed E-state index contributed by atoms with van der Waals surface area (Å²) in [4.78, 5) is 0.308. The number of benzene rings is 1. The van der Waals surface area contributed by atoms with Gasteiger partial charge in [0.15, 0.2) is 0 Å². The Balaban J connectivity index is 1.93. The molecule has 20 heavy (non-hydrogen) atoms. The number of aliphatic hydroxyl groups excluding tert-OH is 1. The summed E-state index contributed by atoms with van der Waals surface area (Å²) < 4.78 is 32.3. The second-order valence-electron chi connectivity index (χ2n) is 5.29. The molecular formula is C14H19NO4S. The number of fused-ring (bicyclic) bond motifs is 1. The average Bonchev–Trinajstić information content (AvgIpc) is 2.83. The van der Waals surface area contributed by atoms with E-state index in [1.54, 1.807) is 18.2 Å². The Bertz CT molecular complexity index is 595. The van der Waals surface area contributed by atoms with Crippen molar-refractivity contribution < 1.29 is 18.3 Å². The van der Waals surface area contributed by atoms with Gasteiger partial charge in [0, 0.05) is 19.0 Å². The van der Waals surface area contributed by atoms with Crippen molar-refractivity contribution in [3.63, 3.8) is 0 Å². The van der Waals surface area contributed by atoms with Crippen molar-refractivity contribution >= 4 is 10.0 Å². The Kier molecular flexibility index (Phi) is 3.70. The van der Waals surface area contributed by atoms with Crippen molar-refractivity contribution in [1.29, 1.82) is 0 Å². The highest BCUT2D eigenvalue weighted by Gasteiger charge is 2.34. The maximum atomic E-state index is 12.7. The minimum absolute atomic E-state index is 0.0386. The summed E-state index contributed by atoms with van der Waals surface area (Å²) in [6.45, 7) is 0.631. The zero-order valence-electron chi connectivity index (χ0n) is 11.3. The van der Waals surface area contributed by atoms with Gasteiger partial charge in [0.05, 0.1) is 18.1 Å². The molecule has 5 nitrogen and oxygen atoms in total. The molecule has 1 saturated carbocycles. The molecule has 0 bridgehead atoms. The number of nitrogens with zero attached hydrogens (tertiary/aromatic N) is 1. The summed E-state index contributed by atoms with van der Waals surface area (Å²) in [5.74, 6) is 0.779. The van der Waals surface area contributed by atoms with Gasteiger partial charge in [-0.25, -0.2) is 8.42 Å². The quantitative estimate of drug-likeness (QED) is 0.885. The molecule has 0 atom stereocenters. The van der Waals surface area contributed by atoms with Crippen LogP contribution in [0, 0.1) is 0 Å². The van der Waals surface area contributed by atoms with Gasteiger partial charge in [-0.2, -0.15) is 4.31 Å². The zero-order valence-corrected chi connectivity index (χ0v) is 12.1. The van der Waals surface area contributed by atoms with Gasteiger partial charge in [0.25, 0.3) is 0 Å². The van der Waals surface area contributed by atoms with Gasteiger partial charge >= 0.3 is 0 Å². The molecule has 1 aliphatic carbocycles. The minimum atomic E-state index is -3.53. The maximum absolute atomic E-state index is 12.7. The number of aliphatic hydroxyl groups is 1. The molecule has 1 heterocycles. The van der Waals surface area contributed by atoms with Crippen LogP contribution in [0.15, 0.2) is 23.1 Å². The standard InChI is InChI=1S/C14H19NO4S/c16-8-7-15(12-2-1-3-12)20(17,18)13-4-5-14-11(10-13)6-9-19-14/h4-5,10,12,16H,1-3,6-9H2. The van der Waals surface area contributed by atoms with Gasteiger partial charge in [-0.1, -0.05) is 6.42 Å². The number of hydrogen-bond acceptors (Lipinski definition) is 4. The van der Waals surface area contributed by atoms with Gasteiger partial charge in [-0.15, -0.1) is 0 Å². The van der Waals surface area contributed by atoms with Crippen LogP contribution in [0.4, 0.5) is 0 Å². The van der Waals surface area contributed by atoms with E-state index in [2.05, 4.69) is 0 Å². The molecule has 6 heteroatoms. The first-order valence-electron chi connectivity index (χ1n) is 7.01. The Morgan fingerprint density at radius 2 is 2.15 bits per heavy atom. The van der Waals surface area contributed by atoms with E-state index < -0.39 is 10.0 Å². The fourth-order valence-corrected chi connectivity index (χ4v) is 4.46. The largest absolute Gasteiger partial charge is 0.493 e. The van der Waals surface area contributed by atoms with Crippen molar-refractivity contribution in [2.75, 3.05) is 19.8 Å². The van der Waals surface area contributed by atoms with Crippen LogP contribution in [0.5, 0.6) is 5.75 Å². The lowest BCUT2D eigenvalue weighted by molar-refractivity contribution is 0.178. The van der Waals surface area contributed by atoms with Crippen LogP contribution >= 0.6 is 0 Å². The molecule has 1 aromatic rings. The monoisotopic (exact) mass is 297 g/mol.